The lowest BCUT2D eigenvalue weighted by Crippen LogP contribution is -2.29. The van der Waals surface area contributed by atoms with Gasteiger partial charge in [-0.3, -0.25) is 4.84 Å². The Morgan fingerprint density at radius 2 is 1.19 bits per heavy atom. The van der Waals surface area contributed by atoms with Crippen LogP contribution in [0.15, 0.2) is 95.9 Å². The van der Waals surface area contributed by atoms with E-state index in [0.29, 0.717) is 0 Å². The summed E-state index contributed by atoms with van der Waals surface area (Å²) in [5, 5.41) is 2.07. The summed E-state index contributed by atoms with van der Waals surface area (Å²) < 4.78 is 0. The number of hydroxylamine groups is 2. The van der Waals surface area contributed by atoms with Crippen LogP contribution in [0.1, 0.15) is 18.1 Å². The second-order valence-electron chi connectivity index (χ2n) is 6.31. The summed E-state index contributed by atoms with van der Waals surface area (Å²) >= 11 is 1.83. The van der Waals surface area contributed by atoms with Crippen molar-refractivity contribution in [3.63, 3.8) is 0 Å². The van der Waals surface area contributed by atoms with Crippen LogP contribution in [-0.4, -0.2) is 16.9 Å². The van der Waals surface area contributed by atoms with Gasteiger partial charge in [-0.05, 0) is 30.2 Å². The van der Waals surface area contributed by atoms with Crippen molar-refractivity contribution in [2.75, 3.05) is 5.75 Å². The molecule has 0 N–H and O–H groups in total. The molecule has 0 heterocycles. The van der Waals surface area contributed by atoms with Crippen molar-refractivity contribution in [2.24, 2.45) is 0 Å². The SMILES string of the molecule is C[C@@H](CSc1ccccc1)ON(Cc1ccccc1)Cc1ccccc1. The lowest BCUT2D eigenvalue weighted by atomic mass is 10.2. The maximum Gasteiger partial charge on any atom is 0.0859 e. The van der Waals surface area contributed by atoms with Crippen LogP contribution >= 0.6 is 11.8 Å². The molecule has 0 fully saturated rings. The van der Waals surface area contributed by atoms with Gasteiger partial charge in [0.25, 0.3) is 0 Å². The van der Waals surface area contributed by atoms with E-state index in [4.69, 9.17) is 4.84 Å². The first-order valence-corrected chi connectivity index (χ1v) is 9.95. The van der Waals surface area contributed by atoms with Gasteiger partial charge in [-0.1, -0.05) is 78.9 Å². The van der Waals surface area contributed by atoms with Gasteiger partial charge in [0.2, 0.25) is 0 Å². The number of hydrogen-bond acceptors (Lipinski definition) is 3. The van der Waals surface area contributed by atoms with Crippen molar-refractivity contribution in [2.45, 2.75) is 31.0 Å². The zero-order valence-corrected chi connectivity index (χ0v) is 15.9. The zero-order chi connectivity index (χ0) is 18.0. The minimum Gasteiger partial charge on any atom is -0.294 e. The Bertz CT molecular complexity index is 707. The number of thioether (sulfide) groups is 1. The molecule has 26 heavy (non-hydrogen) atoms. The fourth-order valence-corrected chi connectivity index (χ4v) is 3.56. The summed E-state index contributed by atoms with van der Waals surface area (Å²) in [6, 6.07) is 31.4. The van der Waals surface area contributed by atoms with Crippen molar-refractivity contribution in [3.8, 4) is 0 Å². The van der Waals surface area contributed by atoms with Crippen molar-refractivity contribution in [1.29, 1.82) is 0 Å². The average molecular weight is 364 g/mol. The highest BCUT2D eigenvalue weighted by molar-refractivity contribution is 7.99. The van der Waals surface area contributed by atoms with Gasteiger partial charge in [0, 0.05) is 23.7 Å². The van der Waals surface area contributed by atoms with Gasteiger partial charge >= 0.3 is 0 Å². The molecule has 0 amide bonds. The van der Waals surface area contributed by atoms with Gasteiger partial charge in [0.1, 0.15) is 0 Å². The van der Waals surface area contributed by atoms with Gasteiger partial charge in [0.05, 0.1) is 6.10 Å². The molecule has 3 rings (SSSR count). The molecule has 0 aromatic heterocycles. The Morgan fingerprint density at radius 1 is 0.731 bits per heavy atom. The van der Waals surface area contributed by atoms with Gasteiger partial charge in [-0.15, -0.1) is 11.8 Å². The van der Waals surface area contributed by atoms with Crippen LogP contribution in [-0.2, 0) is 17.9 Å². The fourth-order valence-electron chi connectivity index (χ4n) is 2.72. The summed E-state index contributed by atoms with van der Waals surface area (Å²) in [4.78, 5) is 7.57. The lowest BCUT2D eigenvalue weighted by molar-refractivity contribution is -0.199. The van der Waals surface area contributed by atoms with E-state index in [1.54, 1.807) is 0 Å². The third-order valence-corrected chi connectivity index (χ3v) is 5.20. The van der Waals surface area contributed by atoms with Gasteiger partial charge in [-0.25, -0.2) is 0 Å². The van der Waals surface area contributed by atoms with Crippen LogP contribution < -0.4 is 0 Å². The Balaban J connectivity index is 1.60. The highest BCUT2D eigenvalue weighted by Gasteiger charge is 2.13. The number of hydrogen-bond donors (Lipinski definition) is 0. The van der Waals surface area contributed by atoms with Crippen LogP contribution in [0.2, 0.25) is 0 Å². The zero-order valence-electron chi connectivity index (χ0n) is 15.1. The van der Waals surface area contributed by atoms with Gasteiger partial charge in [0.15, 0.2) is 0 Å². The maximum absolute atomic E-state index is 6.29. The summed E-state index contributed by atoms with van der Waals surface area (Å²) in [6.07, 6.45) is 0.132. The first-order valence-electron chi connectivity index (χ1n) is 8.97. The van der Waals surface area contributed by atoms with Crippen LogP contribution in [0.5, 0.6) is 0 Å². The maximum atomic E-state index is 6.29. The third kappa shape index (κ3) is 6.34. The minimum atomic E-state index is 0.132. The average Bonchev–Trinajstić information content (AvgIpc) is 2.69. The summed E-state index contributed by atoms with van der Waals surface area (Å²) in [7, 11) is 0. The topological polar surface area (TPSA) is 12.5 Å². The monoisotopic (exact) mass is 363 g/mol. The van der Waals surface area contributed by atoms with Crippen molar-refractivity contribution in [1.82, 2.24) is 5.06 Å². The molecule has 3 aromatic carbocycles. The Kier molecular flexibility index (Phi) is 7.32. The second kappa shape index (κ2) is 10.2. The van der Waals surface area contributed by atoms with E-state index >= 15 is 0 Å². The Labute approximate surface area is 160 Å². The predicted molar refractivity (Wildman–Crippen MR) is 110 cm³/mol. The molecule has 0 aliphatic rings. The molecule has 0 spiro atoms. The number of rotatable bonds is 9. The smallest absolute Gasteiger partial charge is 0.0859 e. The first-order chi connectivity index (χ1) is 12.8. The Hall–Kier alpha value is -2.07. The number of benzene rings is 3. The standard InChI is InChI=1S/C23H25NOS/c1-20(19-26-23-15-9-4-10-16-23)25-24(17-21-11-5-2-6-12-21)18-22-13-7-3-8-14-22/h2-16,20H,17-19H2,1H3/t20-/m0/s1. The van der Waals surface area contributed by atoms with E-state index in [1.807, 2.05) is 30.0 Å². The van der Waals surface area contributed by atoms with Crippen LogP contribution in [0.4, 0.5) is 0 Å². The molecule has 0 radical (unpaired) electrons. The van der Waals surface area contributed by atoms with Crippen molar-refractivity contribution >= 4 is 11.8 Å². The summed E-state index contributed by atoms with van der Waals surface area (Å²) in [5.41, 5.74) is 2.51. The molecule has 0 saturated carbocycles. The molecule has 1 atom stereocenters. The molecule has 2 nitrogen and oxygen atoms in total. The largest absolute Gasteiger partial charge is 0.294 e. The van der Waals surface area contributed by atoms with E-state index in [1.165, 1.54) is 16.0 Å². The normalized spacial score (nSPS) is 12.2. The van der Waals surface area contributed by atoms with E-state index in [0.717, 1.165) is 18.8 Å². The second-order valence-corrected chi connectivity index (χ2v) is 7.40. The highest BCUT2D eigenvalue weighted by atomic mass is 32.2. The molecule has 0 aliphatic heterocycles. The molecule has 0 unspecified atom stereocenters. The predicted octanol–water partition coefficient (Wildman–Crippen LogP) is 5.80. The first kappa shape index (κ1) is 18.7. The molecule has 3 aromatic rings. The van der Waals surface area contributed by atoms with E-state index < -0.39 is 0 Å². The van der Waals surface area contributed by atoms with Crippen molar-refractivity contribution < 1.29 is 4.84 Å². The molecule has 134 valence electrons. The molecular weight excluding hydrogens is 338 g/mol. The van der Waals surface area contributed by atoms with Crippen molar-refractivity contribution in [3.05, 3.63) is 102 Å². The molecule has 3 heteroatoms. The lowest BCUT2D eigenvalue weighted by Gasteiger charge is -2.26. The molecular formula is C23H25NOS. The van der Waals surface area contributed by atoms with Gasteiger partial charge in [-0.2, -0.15) is 5.06 Å². The van der Waals surface area contributed by atoms with Crippen LogP contribution in [0.3, 0.4) is 0 Å². The van der Waals surface area contributed by atoms with Gasteiger partial charge < -0.3 is 0 Å². The quantitative estimate of drug-likeness (QED) is 0.352. The fraction of sp³-hybridized carbons (Fsp3) is 0.217. The third-order valence-electron chi connectivity index (χ3n) is 3.96. The number of nitrogens with zero attached hydrogens (tertiary/aromatic N) is 1. The van der Waals surface area contributed by atoms with Crippen LogP contribution in [0.25, 0.3) is 0 Å². The summed E-state index contributed by atoms with van der Waals surface area (Å²) in [6.45, 7) is 3.69. The van der Waals surface area contributed by atoms with Crippen LogP contribution in [0, 0.1) is 0 Å². The highest BCUT2D eigenvalue weighted by Crippen LogP contribution is 2.20. The van der Waals surface area contributed by atoms with E-state index in [2.05, 4.69) is 84.8 Å². The molecule has 0 aliphatic carbocycles. The van der Waals surface area contributed by atoms with E-state index in [9.17, 15) is 0 Å². The minimum absolute atomic E-state index is 0.132. The summed E-state index contributed by atoms with van der Waals surface area (Å²) in [5.74, 6) is 0.921. The molecule has 0 bridgehead atoms. The van der Waals surface area contributed by atoms with E-state index in [-0.39, 0.29) is 6.10 Å². The molecule has 0 saturated heterocycles. The Morgan fingerprint density at radius 3 is 1.69 bits per heavy atom.